The van der Waals surface area contributed by atoms with Gasteiger partial charge in [-0.1, -0.05) is 19.8 Å². The molecule has 0 radical (unpaired) electrons. The van der Waals surface area contributed by atoms with Crippen molar-refractivity contribution in [2.45, 2.75) is 68.8 Å². The molecule has 0 aromatic carbocycles. The average Bonchev–Trinajstić information content (AvgIpc) is 2.77. The summed E-state index contributed by atoms with van der Waals surface area (Å²) in [7, 11) is 0. The summed E-state index contributed by atoms with van der Waals surface area (Å²) in [5, 5.41) is 4.53. The van der Waals surface area contributed by atoms with E-state index in [1.807, 2.05) is 11.8 Å². The van der Waals surface area contributed by atoms with Crippen LogP contribution in [0.4, 0.5) is 0 Å². The highest BCUT2D eigenvalue weighted by Gasteiger charge is 2.39. The predicted molar refractivity (Wildman–Crippen MR) is 75.8 cm³/mol. The number of hydrogen-bond donors (Lipinski definition) is 1. The van der Waals surface area contributed by atoms with Gasteiger partial charge in [-0.2, -0.15) is 11.8 Å². The molecule has 2 unspecified atom stereocenters. The minimum absolute atomic E-state index is 0.265. The number of nitrogens with one attached hydrogen (secondary N) is 1. The Kier molecular flexibility index (Phi) is 5.19. The Balaban J connectivity index is 1.70. The van der Waals surface area contributed by atoms with Crippen LogP contribution in [0.1, 0.15) is 51.9 Å². The predicted octanol–water partition coefficient (Wildman–Crippen LogP) is 3.21. The van der Waals surface area contributed by atoms with Crippen LogP contribution < -0.4 is 5.32 Å². The fourth-order valence-corrected chi connectivity index (χ4v) is 3.53. The maximum absolute atomic E-state index is 6.06. The molecular formula is C14H27NOS. The lowest BCUT2D eigenvalue weighted by molar-refractivity contribution is -0.0835. The molecule has 2 atom stereocenters. The van der Waals surface area contributed by atoms with Crippen LogP contribution in [0.15, 0.2) is 0 Å². The van der Waals surface area contributed by atoms with Crippen LogP contribution in [0, 0.1) is 0 Å². The molecule has 100 valence electrons. The number of thioether (sulfide) groups is 1. The van der Waals surface area contributed by atoms with Crippen molar-refractivity contribution in [1.29, 1.82) is 0 Å². The van der Waals surface area contributed by atoms with E-state index in [0.29, 0.717) is 6.04 Å². The normalized spacial score (nSPS) is 29.6. The first-order valence-electron chi connectivity index (χ1n) is 7.14. The van der Waals surface area contributed by atoms with Gasteiger partial charge in [0.15, 0.2) is 0 Å². The fourth-order valence-electron chi connectivity index (χ4n) is 3.18. The summed E-state index contributed by atoms with van der Waals surface area (Å²) >= 11 is 1.97. The number of ether oxygens (including phenoxy) is 1. The molecule has 1 heterocycles. The Morgan fingerprint density at radius 1 is 1.41 bits per heavy atom. The maximum Gasteiger partial charge on any atom is 0.0697 e. The van der Waals surface area contributed by atoms with Gasteiger partial charge in [0.2, 0.25) is 0 Å². The largest absolute Gasteiger partial charge is 0.375 e. The minimum atomic E-state index is 0.265. The zero-order valence-corrected chi connectivity index (χ0v) is 12.2. The quantitative estimate of drug-likeness (QED) is 0.817. The van der Waals surface area contributed by atoms with E-state index in [1.54, 1.807) is 0 Å². The van der Waals surface area contributed by atoms with Crippen molar-refractivity contribution in [3.05, 3.63) is 0 Å². The van der Waals surface area contributed by atoms with Gasteiger partial charge in [0.25, 0.3) is 0 Å². The second kappa shape index (κ2) is 6.44. The molecule has 2 aliphatic rings. The van der Waals surface area contributed by atoms with Crippen LogP contribution in [0.3, 0.4) is 0 Å². The van der Waals surface area contributed by atoms with E-state index in [1.165, 1.54) is 51.5 Å². The maximum atomic E-state index is 6.06. The molecule has 0 aromatic rings. The van der Waals surface area contributed by atoms with Crippen LogP contribution in [0.5, 0.6) is 0 Å². The van der Waals surface area contributed by atoms with Crippen LogP contribution in [0.25, 0.3) is 0 Å². The van der Waals surface area contributed by atoms with Crippen molar-refractivity contribution >= 4 is 11.8 Å². The molecule has 1 aliphatic heterocycles. The molecule has 2 nitrogen and oxygen atoms in total. The van der Waals surface area contributed by atoms with Gasteiger partial charge in [-0.05, 0) is 44.9 Å². The van der Waals surface area contributed by atoms with Gasteiger partial charge >= 0.3 is 0 Å². The third-order valence-corrected chi connectivity index (χ3v) is 5.43. The first-order chi connectivity index (χ1) is 8.24. The molecule has 1 saturated carbocycles. The van der Waals surface area contributed by atoms with E-state index in [0.717, 1.165) is 11.9 Å². The third kappa shape index (κ3) is 3.87. The first kappa shape index (κ1) is 13.7. The lowest BCUT2D eigenvalue weighted by Gasteiger charge is -2.38. The highest BCUT2D eigenvalue weighted by atomic mass is 32.2. The molecule has 1 saturated heterocycles. The van der Waals surface area contributed by atoms with Gasteiger partial charge in [0, 0.05) is 17.9 Å². The van der Waals surface area contributed by atoms with Crippen molar-refractivity contribution in [1.82, 2.24) is 5.32 Å². The van der Waals surface area contributed by atoms with Crippen LogP contribution in [-0.4, -0.2) is 36.3 Å². The van der Waals surface area contributed by atoms with E-state index in [9.17, 15) is 0 Å². The molecule has 0 bridgehead atoms. The van der Waals surface area contributed by atoms with E-state index in [4.69, 9.17) is 4.74 Å². The SMILES string of the molecule is CSC(C)CCNC1CCOC2(CCCC2)C1. The Hall–Kier alpha value is 0.270. The Morgan fingerprint density at radius 3 is 2.88 bits per heavy atom. The average molecular weight is 257 g/mol. The Labute approximate surface area is 110 Å². The second-order valence-electron chi connectivity index (χ2n) is 5.72. The summed E-state index contributed by atoms with van der Waals surface area (Å²) in [6.07, 6.45) is 11.3. The molecule has 1 N–H and O–H groups in total. The smallest absolute Gasteiger partial charge is 0.0697 e. The van der Waals surface area contributed by atoms with E-state index in [-0.39, 0.29) is 5.60 Å². The van der Waals surface area contributed by atoms with Crippen molar-refractivity contribution in [2.75, 3.05) is 19.4 Å². The van der Waals surface area contributed by atoms with Crippen molar-refractivity contribution < 1.29 is 4.74 Å². The lowest BCUT2D eigenvalue weighted by Crippen LogP contribution is -2.46. The van der Waals surface area contributed by atoms with Gasteiger partial charge < -0.3 is 10.1 Å². The van der Waals surface area contributed by atoms with Gasteiger partial charge in [-0.3, -0.25) is 0 Å². The molecule has 1 spiro atoms. The van der Waals surface area contributed by atoms with E-state index < -0.39 is 0 Å². The second-order valence-corrected chi connectivity index (χ2v) is 6.99. The zero-order chi connectivity index (χ0) is 12.1. The summed E-state index contributed by atoms with van der Waals surface area (Å²) in [6, 6.07) is 0.705. The number of hydrogen-bond acceptors (Lipinski definition) is 3. The van der Waals surface area contributed by atoms with Crippen molar-refractivity contribution in [3.63, 3.8) is 0 Å². The monoisotopic (exact) mass is 257 g/mol. The highest BCUT2D eigenvalue weighted by Crippen LogP contribution is 2.39. The molecule has 0 aromatic heterocycles. The molecule has 2 rings (SSSR count). The van der Waals surface area contributed by atoms with Gasteiger partial charge in [0.05, 0.1) is 5.60 Å². The van der Waals surface area contributed by atoms with Gasteiger partial charge in [-0.15, -0.1) is 0 Å². The van der Waals surface area contributed by atoms with E-state index >= 15 is 0 Å². The summed E-state index contributed by atoms with van der Waals surface area (Å²) in [5.41, 5.74) is 0.265. The standard InChI is InChI=1S/C14H27NOS/c1-12(17-2)5-9-15-13-6-10-16-14(11-13)7-3-4-8-14/h12-13,15H,3-11H2,1-2H3. The van der Waals surface area contributed by atoms with Crippen LogP contribution >= 0.6 is 11.8 Å². The van der Waals surface area contributed by atoms with Crippen LogP contribution in [-0.2, 0) is 4.74 Å². The van der Waals surface area contributed by atoms with Crippen molar-refractivity contribution in [3.8, 4) is 0 Å². The Morgan fingerprint density at radius 2 is 2.18 bits per heavy atom. The molecule has 1 aliphatic carbocycles. The summed E-state index contributed by atoms with van der Waals surface area (Å²) in [4.78, 5) is 0. The zero-order valence-electron chi connectivity index (χ0n) is 11.3. The summed E-state index contributed by atoms with van der Waals surface area (Å²) in [6.45, 7) is 4.45. The van der Waals surface area contributed by atoms with E-state index in [2.05, 4.69) is 18.5 Å². The molecule has 0 amide bonds. The number of rotatable bonds is 5. The van der Waals surface area contributed by atoms with Gasteiger partial charge in [-0.25, -0.2) is 0 Å². The lowest BCUT2D eigenvalue weighted by atomic mass is 9.89. The molecule has 17 heavy (non-hydrogen) atoms. The first-order valence-corrected chi connectivity index (χ1v) is 8.43. The highest BCUT2D eigenvalue weighted by molar-refractivity contribution is 7.99. The summed E-state index contributed by atoms with van der Waals surface area (Å²) < 4.78 is 6.06. The topological polar surface area (TPSA) is 21.3 Å². The van der Waals surface area contributed by atoms with Crippen LogP contribution in [0.2, 0.25) is 0 Å². The Bertz CT molecular complexity index is 228. The summed E-state index contributed by atoms with van der Waals surface area (Å²) in [5.74, 6) is 0. The van der Waals surface area contributed by atoms with Gasteiger partial charge in [0.1, 0.15) is 0 Å². The third-order valence-electron chi connectivity index (χ3n) is 4.39. The minimum Gasteiger partial charge on any atom is -0.375 e. The molecule has 3 heteroatoms. The van der Waals surface area contributed by atoms with Crippen molar-refractivity contribution in [2.24, 2.45) is 0 Å². The molecular weight excluding hydrogens is 230 g/mol. The fraction of sp³-hybridized carbons (Fsp3) is 1.00. The molecule has 2 fully saturated rings.